The van der Waals surface area contributed by atoms with E-state index in [0.717, 1.165) is 25.4 Å². The molecule has 3 rings (SSSR count). The minimum absolute atomic E-state index is 0.0767. The first-order valence-corrected chi connectivity index (χ1v) is 13.2. The average Bonchev–Trinajstić information content (AvgIpc) is 3.36. The molecule has 0 radical (unpaired) electrons. The maximum Gasteiger partial charge on any atom is 0.319 e. The summed E-state index contributed by atoms with van der Waals surface area (Å²) in [4.78, 5) is 29.9. The van der Waals surface area contributed by atoms with Crippen molar-refractivity contribution >= 4 is 17.6 Å². The Morgan fingerprint density at radius 1 is 1.20 bits per heavy atom. The van der Waals surface area contributed by atoms with Gasteiger partial charge in [-0.25, -0.2) is 4.79 Å². The fourth-order valence-corrected chi connectivity index (χ4v) is 5.12. The fraction of sp³-hybridized carbons (Fsp3) is 0.704. The van der Waals surface area contributed by atoms with Crippen LogP contribution >= 0.6 is 0 Å². The smallest absolute Gasteiger partial charge is 0.319 e. The lowest BCUT2D eigenvalue weighted by molar-refractivity contribution is 0.00814. The Bertz CT molecular complexity index is 842. The first-order valence-electron chi connectivity index (χ1n) is 13.2. The van der Waals surface area contributed by atoms with E-state index in [9.17, 15) is 9.59 Å². The summed E-state index contributed by atoms with van der Waals surface area (Å²) in [7, 11) is 3.52. The van der Waals surface area contributed by atoms with Crippen LogP contribution in [-0.4, -0.2) is 80.8 Å². The SMILES string of the molecule is CCCNC(=O)Nc1ccc2c(c1)C(=O)N(C)C[C@@H](OC)[C@H](C)CN(CC1CCCC1)[C@@H](C)CO2. The van der Waals surface area contributed by atoms with Crippen molar-refractivity contribution in [2.45, 2.75) is 65.0 Å². The Hall–Kier alpha value is -2.32. The molecular formula is C27H44N4O4. The number of nitrogens with one attached hydrogen (secondary N) is 2. The van der Waals surface area contributed by atoms with Gasteiger partial charge in [-0.1, -0.05) is 26.7 Å². The molecule has 1 saturated carbocycles. The lowest BCUT2D eigenvalue weighted by Crippen LogP contribution is -2.47. The molecule has 3 amide bonds. The molecule has 1 fully saturated rings. The van der Waals surface area contributed by atoms with Crippen LogP contribution in [0.25, 0.3) is 0 Å². The minimum Gasteiger partial charge on any atom is -0.491 e. The highest BCUT2D eigenvalue weighted by Gasteiger charge is 2.30. The van der Waals surface area contributed by atoms with Gasteiger partial charge in [-0.3, -0.25) is 9.69 Å². The number of methoxy groups -OCH3 is 1. The summed E-state index contributed by atoms with van der Waals surface area (Å²) >= 11 is 0. The molecular weight excluding hydrogens is 444 g/mol. The zero-order valence-corrected chi connectivity index (χ0v) is 22.1. The zero-order valence-electron chi connectivity index (χ0n) is 22.1. The van der Waals surface area contributed by atoms with E-state index in [0.29, 0.717) is 36.7 Å². The highest BCUT2D eigenvalue weighted by atomic mass is 16.5. The van der Waals surface area contributed by atoms with Crippen molar-refractivity contribution in [2.24, 2.45) is 11.8 Å². The number of nitrogens with zero attached hydrogens (tertiary/aromatic N) is 2. The van der Waals surface area contributed by atoms with Crippen molar-refractivity contribution in [3.05, 3.63) is 23.8 Å². The Labute approximate surface area is 210 Å². The van der Waals surface area contributed by atoms with E-state index in [2.05, 4.69) is 29.4 Å². The Morgan fingerprint density at radius 2 is 1.94 bits per heavy atom. The Balaban J connectivity index is 1.86. The summed E-state index contributed by atoms with van der Waals surface area (Å²) in [5.41, 5.74) is 1.00. The molecule has 196 valence electrons. The van der Waals surface area contributed by atoms with E-state index in [1.165, 1.54) is 25.7 Å². The summed E-state index contributed by atoms with van der Waals surface area (Å²) in [6.45, 7) is 9.95. The largest absolute Gasteiger partial charge is 0.491 e. The van der Waals surface area contributed by atoms with E-state index in [-0.39, 0.29) is 30.0 Å². The maximum absolute atomic E-state index is 13.5. The number of carbonyl (C=O) groups is 2. The van der Waals surface area contributed by atoms with E-state index in [1.54, 1.807) is 37.3 Å². The van der Waals surface area contributed by atoms with Gasteiger partial charge in [0, 0.05) is 52.1 Å². The molecule has 8 heteroatoms. The fourth-order valence-electron chi connectivity index (χ4n) is 5.12. The lowest BCUT2D eigenvalue weighted by atomic mass is 9.99. The van der Waals surface area contributed by atoms with Gasteiger partial charge in [-0.2, -0.15) is 0 Å². The number of anilines is 1. The summed E-state index contributed by atoms with van der Waals surface area (Å²) in [5.74, 6) is 1.38. The van der Waals surface area contributed by atoms with Crippen molar-refractivity contribution in [1.82, 2.24) is 15.1 Å². The summed E-state index contributed by atoms with van der Waals surface area (Å²) in [5, 5.41) is 5.62. The minimum atomic E-state index is -0.286. The number of hydrogen-bond acceptors (Lipinski definition) is 5. The molecule has 35 heavy (non-hydrogen) atoms. The zero-order chi connectivity index (χ0) is 25.4. The van der Waals surface area contributed by atoms with Crippen LogP contribution in [0.15, 0.2) is 18.2 Å². The van der Waals surface area contributed by atoms with Crippen molar-refractivity contribution in [2.75, 3.05) is 52.3 Å². The quantitative estimate of drug-likeness (QED) is 0.627. The summed E-state index contributed by atoms with van der Waals surface area (Å²) < 4.78 is 12.1. The summed E-state index contributed by atoms with van der Waals surface area (Å²) in [6, 6.07) is 5.19. The van der Waals surface area contributed by atoms with Crippen molar-refractivity contribution < 1.29 is 19.1 Å². The number of urea groups is 1. The number of amides is 3. The highest BCUT2D eigenvalue weighted by Crippen LogP contribution is 2.29. The first-order chi connectivity index (χ1) is 16.8. The Kier molecular flexibility index (Phi) is 10.2. The van der Waals surface area contributed by atoms with Gasteiger partial charge in [0.05, 0.1) is 11.7 Å². The van der Waals surface area contributed by atoms with Gasteiger partial charge in [0.25, 0.3) is 5.91 Å². The number of carbonyl (C=O) groups excluding carboxylic acids is 2. The maximum atomic E-state index is 13.5. The third-order valence-electron chi connectivity index (χ3n) is 7.33. The summed E-state index contributed by atoms with van der Waals surface area (Å²) in [6.07, 6.45) is 6.03. The average molecular weight is 489 g/mol. The molecule has 0 aromatic heterocycles. The number of hydrogen-bond donors (Lipinski definition) is 2. The van der Waals surface area contributed by atoms with E-state index < -0.39 is 0 Å². The molecule has 1 aliphatic heterocycles. The standard InChI is InChI=1S/C27H44N4O4/c1-6-13-28-27(33)29-22-11-12-24-23(14-22)26(32)30(4)17-25(34-5)19(2)15-31(20(3)18-35-24)16-21-9-7-8-10-21/h11-12,14,19-21,25H,6-10,13,15-18H2,1-5H3,(H2,28,29,33)/t19-,20+,25-/m1/s1. The molecule has 1 aromatic rings. The lowest BCUT2D eigenvalue weighted by Gasteiger charge is -2.37. The predicted molar refractivity (Wildman–Crippen MR) is 139 cm³/mol. The van der Waals surface area contributed by atoms with Crippen molar-refractivity contribution in [3.63, 3.8) is 0 Å². The van der Waals surface area contributed by atoms with Crippen LogP contribution in [0.4, 0.5) is 10.5 Å². The molecule has 0 unspecified atom stereocenters. The van der Waals surface area contributed by atoms with Gasteiger partial charge in [-0.05, 0) is 56.2 Å². The number of rotatable bonds is 6. The van der Waals surface area contributed by atoms with Gasteiger partial charge in [-0.15, -0.1) is 0 Å². The van der Waals surface area contributed by atoms with Crippen LogP contribution in [0.5, 0.6) is 5.75 Å². The van der Waals surface area contributed by atoms with Crippen LogP contribution < -0.4 is 15.4 Å². The second kappa shape index (κ2) is 13.1. The third kappa shape index (κ3) is 7.58. The molecule has 2 N–H and O–H groups in total. The Morgan fingerprint density at radius 3 is 2.63 bits per heavy atom. The van der Waals surface area contributed by atoms with Gasteiger partial charge in [0.15, 0.2) is 0 Å². The number of ether oxygens (including phenoxy) is 2. The van der Waals surface area contributed by atoms with Gasteiger partial charge in [0.2, 0.25) is 0 Å². The molecule has 1 aliphatic carbocycles. The topological polar surface area (TPSA) is 83.1 Å². The van der Waals surface area contributed by atoms with Crippen molar-refractivity contribution in [3.8, 4) is 5.75 Å². The normalized spacial score (nSPS) is 24.8. The predicted octanol–water partition coefficient (Wildman–Crippen LogP) is 4.21. The van der Waals surface area contributed by atoms with Crippen LogP contribution in [0.3, 0.4) is 0 Å². The van der Waals surface area contributed by atoms with Crippen LogP contribution in [0.2, 0.25) is 0 Å². The molecule has 0 bridgehead atoms. The van der Waals surface area contributed by atoms with Gasteiger partial charge < -0.3 is 25.0 Å². The van der Waals surface area contributed by atoms with E-state index in [4.69, 9.17) is 9.47 Å². The van der Waals surface area contributed by atoms with E-state index >= 15 is 0 Å². The molecule has 8 nitrogen and oxygen atoms in total. The van der Waals surface area contributed by atoms with Gasteiger partial charge in [0.1, 0.15) is 12.4 Å². The van der Waals surface area contributed by atoms with Crippen LogP contribution in [0, 0.1) is 11.8 Å². The molecule has 1 heterocycles. The third-order valence-corrected chi connectivity index (χ3v) is 7.33. The molecule has 0 saturated heterocycles. The molecule has 0 spiro atoms. The first kappa shape index (κ1) is 27.3. The van der Waals surface area contributed by atoms with Crippen LogP contribution in [0.1, 0.15) is 63.2 Å². The highest BCUT2D eigenvalue weighted by molar-refractivity contribution is 5.99. The molecule has 1 aromatic carbocycles. The monoisotopic (exact) mass is 488 g/mol. The molecule has 2 aliphatic rings. The number of benzene rings is 1. The second-order valence-electron chi connectivity index (χ2n) is 10.3. The second-order valence-corrected chi connectivity index (χ2v) is 10.3. The number of likely N-dealkylation sites (N-methyl/N-ethyl adjacent to an activating group) is 1. The van der Waals surface area contributed by atoms with Crippen molar-refractivity contribution in [1.29, 1.82) is 0 Å². The van der Waals surface area contributed by atoms with Gasteiger partial charge >= 0.3 is 6.03 Å². The van der Waals surface area contributed by atoms with Crippen LogP contribution in [-0.2, 0) is 4.74 Å². The number of fused-ring (bicyclic) bond motifs is 1. The van der Waals surface area contributed by atoms with E-state index in [1.807, 2.05) is 6.92 Å². The molecule has 3 atom stereocenters.